The molecule has 0 spiro atoms. The maximum Gasteiger partial charge on any atom is 0.219 e. The predicted molar refractivity (Wildman–Crippen MR) is 43.4 cm³/mol. The van der Waals surface area contributed by atoms with Crippen LogP contribution in [0.4, 0.5) is 0 Å². The van der Waals surface area contributed by atoms with Crippen LogP contribution in [0.2, 0.25) is 0 Å². The molecule has 2 rings (SSSR count). The summed E-state index contributed by atoms with van der Waals surface area (Å²) in [6.07, 6.45) is 2.69. The first-order chi connectivity index (χ1) is 5.77. The Labute approximate surface area is 70.6 Å². The minimum Gasteiger partial charge on any atom is -0.338 e. The number of carbonyl (C=O) groups is 1. The van der Waals surface area contributed by atoms with Crippen LogP contribution in [0.3, 0.4) is 0 Å². The SMILES string of the molecule is CC(=O)N1CCc2[nH]ncc2C1. The summed E-state index contributed by atoms with van der Waals surface area (Å²) >= 11 is 0. The van der Waals surface area contributed by atoms with Crippen molar-refractivity contribution in [2.24, 2.45) is 0 Å². The fourth-order valence-electron chi connectivity index (χ4n) is 1.49. The van der Waals surface area contributed by atoms with Crippen LogP contribution in [0, 0.1) is 0 Å². The highest BCUT2D eigenvalue weighted by Gasteiger charge is 2.18. The van der Waals surface area contributed by atoms with E-state index in [0.29, 0.717) is 6.54 Å². The smallest absolute Gasteiger partial charge is 0.219 e. The van der Waals surface area contributed by atoms with Gasteiger partial charge in [-0.25, -0.2) is 0 Å². The molecular formula is C8H11N3O. The number of nitrogens with one attached hydrogen (secondary N) is 1. The molecule has 12 heavy (non-hydrogen) atoms. The molecule has 0 atom stereocenters. The van der Waals surface area contributed by atoms with Gasteiger partial charge < -0.3 is 4.90 Å². The molecule has 0 fully saturated rings. The van der Waals surface area contributed by atoms with E-state index in [9.17, 15) is 4.79 Å². The van der Waals surface area contributed by atoms with Crippen molar-refractivity contribution in [2.75, 3.05) is 6.54 Å². The summed E-state index contributed by atoms with van der Waals surface area (Å²) in [7, 11) is 0. The number of amides is 1. The fourth-order valence-corrected chi connectivity index (χ4v) is 1.49. The fraction of sp³-hybridized carbons (Fsp3) is 0.500. The molecular weight excluding hydrogens is 154 g/mol. The molecule has 0 unspecified atom stereocenters. The van der Waals surface area contributed by atoms with Crippen LogP contribution in [0.1, 0.15) is 18.2 Å². The molecule has 1 aliphatic heterocycles. The summed E-state index contributed by atoms with van der Waals surface area (Å²) < 4.78 is 0. The average Bonchev–Trinajstić information content (AvgIpc) is 2.49. The number of nitrogens with zero attached hydrogens (tertiary/aromatic N) is 2. The molecule has 0 radical (unpaired) electrons. The van der Waals surface area contributed by atoms with E-state index in [2.05, 4.69) is 10.2 Å². The van der Waals surface area contributed by atoms with Gasteiger partial charge in [0.25, 0.3) is 0 Å². The van der Waals surface area contributed by atoms with Crippen LogP contribution in [0.15, 0.2) is 6.20 Å². The van der Waals surface area contributed by atoms with Crippen molar-refractivity contribution in [3.05, 3.63) is 17.5 Å². The van der Waals surface area contributed by atoms with Crippen LogP contribution >= 0.6 is 0 Å². The summed E-state index contributed by atoms with van der Waals surface area (Å²) in [4.78, 5) is 12.9. The van der Waals surface area contributed by atoms with Crippen molar-refractivity contribution < 1.29 is 4.79 Å². The van der Waals surface area contributed by atoms with Crippen LogP contribution < -0.4 is 0 Å². The number of carbonyl (C=O) groups excluding carboxylic acids is 1. The molecule has 0 saturated heterocycles. The van der Waals surface area contributed by atoms with Crippen LogP contribution in [-0.4, -0.2) is 27.5 Å². The highest BCUT2D eigenvalue weighted by molar-refractivity contribution is 5.73. The van der Waals surface area contributed by atoms with Gasteiger partial charge in [-0.15, -0.1) is 0 Å². The first kappa shape index (κ1) is 7.34. The molecule has 0 aromatic carbocycles. The molecule has 2 heterocycles. The number of fused-ring (bicyclic) bond motifs is 1. The molecule has 1 N–H and O–H groups in total. The maximum atomic E-state index is 11.0. The molecule has 1 aliphatic rings. The molecule has 1 aromatic heterocycles. The number of H-pyrrole nitrogens is 1. The second kappa shape index (κ2) is 2.62. The minimum atomic E-state index is 0.141. The molecule has 4 nitrogen and oxygen atoms in total. The Balaban J connectivity index is 2.20. The van der Waals surface area contributed by atoms with E-state index in [1.165, 1.54) is 5.69 Å². The van der Waals surface area contributed by atoms with Crippen LogP contribution in [-0.2, 0) is 17.8 Å². The number of hydrogen-bond acceptors (Lipinski definition) is 2. The van der Waals surface area contributed by atoms with Crippen molar-refractivity contribution in [2.45, 2.75) is 19.9 Å². The van der Waals surface area contributed by atoms with Crippen LogP contribution in [0.5, 0.6) is 0 Å². The van der Waals surface area contributed by atoms with Gasteiger partial charge in [-0.05, 0) is 0 Å². The van der Waals surface area contributed by atoms with Crippen molar-refractivity contribution >= 4 is 5.91 Å². The standard InChI is InChI=1S/C8H11N3O/c1-6(12)11-3-2-8-7(5-11)4-9-10-8/h4H,2-3,5H2,1H3,(H,9,10). The first-order valence-corrected chi connectivity index (χ1v) is 4.04. The van der Waals surface area contributed by atoms with E-state index in [-0.39, 0.29) is 5.91 Å². The Kier molecular flexibility index (Phi) is 1.60. The van der Waals surface area contributed by atoms with Crippen molar-refractivity contribution in [1.82, 2.24) is 15.1 Å². The highest BCUT2D eigenvalue weighted by atomic mass is 16.2. The zero-order chi connectivity index (χ0) is 8.55. The largest absolute Gasteiger partial charge is 0.338 e. The van der Waals surface area contributed by atoms with Gasteiger partial charge in [0.05, 0.1) is 6.20 Å². The van der Waals surface area contributed by atoms with Gasteiger partial charge in [0.2, 0.25) is 5.91 Å². The van der Waals surface area contributed by atoms with E-state index < -0.39 is 0 Å². The second-order valence-electron chi connectivity index (χ2n) is 3.06. The first-order valence-electron chi connectivity index (χ1n) is 4.04. The molecule has 1 aromatic rings. The minimum absolute atomic E-state index is 0.141. The van der Waals surface area contributed by atoms with Crippen molar-refractivity contribution in [1.29, 1.82) is 0 Å². The predicted octanol–water partition coefficient (Wildman–Crippen LogP) is 0.314. The van der Waals surface area contributed by atoms with E-state index in [1.807, 2.05) is 4.90 Å². The van der Waals surface area contributed by atoms with Gasteiger partial charge in [0, 0.05) is 37.7 Å². The molecule has 0 aliphatic carbocycles. The third kappa shape index (κ3) is 1.09. The second-order valence-corrected chi connectivity index (χ2v) is 3.06. The third-order valence-electron chi connectivity index (χ3n) is 2.25. The van der Waals surface area contributed by atoms with Crippen molar-refractivity contribution in [3.63, 3.8) is 0 Å². The van der Waals surface area contributed by atoms with E-state index in [4.69, 9.17) is 0 Å². The monoisotopic (exact) mass is 165 g/mol. The van der Waals surface area contributed by atoms with Crippen LogP contribution in [0.25, 0.3) is 0 Å². The van der Waals surface area contributed by atoms with E-state index in [1.54, 1.807) is 13.1 Å². The lowest BCUT2D eigenvalue weighted by atomic mass is 10.1. The third-order valence-corrected chi connectivity index (χ3v) is 2.25. The van der Waals surface area contributed by atoms with E-state index in [0.717, 1.165) is 18.5 Å². The topological polar surface area (TPSA) is 49.0 Å². The van der Waals surface area contributed by atoms with Gasteiger partial charge in [-0.2, -0.15) is 5.10 Å². The Bertz CT molecular complexity index is 305. The highest BCUT2D eigenvalue weighted by Crippen LogP contribution is 2.15. The normalized spacial score (nSPS) is 15.9. The quantitative estimate of drug-likeness (QED) is 0.601. The van der Waals surface area contributed by atoms with Gasteiger partial charge in [-0.3, -0.25) is 9.89 Å². The summed E-state index contributed by atoms with van der Waals surface area (Å²) in [5.41, 5.74) is 2.32. The Morgan fingerprint density at radius 2 is 2.58 bits per heavy atom. The lowest BCUT2D eigenvalue weighted by molar-refractivity contribution is -0.129. The molecule has 4 heteroatoms. The number of hydrogen-bond donors (Lipinski definition) is 1. The van der Waals surface area contributed by atoms with Gasteiger partial charge in [0.1, 0.15) is 0 Å². The zero-order valence-electron chi connectivity index (χ0n) is 7.00. The van der Waals surface area contributed by atoms with Crippen molar-refractivity contribution in [3.8, 4) is 0 Å². The average molecular weight is 165 g/mol. The summed E-state index contributed by atoms with van der Waals surface area (Å²) in [5.74, 6) is 0.141. The number of aromatic amines is 1. The summed E-state index contributed by atoms with van der Waals surface area (Å²) in [5, 5.41) is 6.86. The van der Waals surface area contributed by atoms with E-state index >= 15 is 0 Å². The lowest BCUT2D eigenvalue weighted by Crippen LogP contribution is -2.33. The maximum absolute atomic E-state index is 11.0. The molecule has 0 bridgehead atoms. The number of aromatic nitrogens is 2. The van der Waals surface area contributed by atoms with Gasteiger partial charge in [0.15, 0.2) is 0 Å². The van der Waals surface area contributed by atoms with Gasteiger partial charge >= 0.3 is 0 Å². The molecule has 1 amide bonds. The molecule has 64 valence electrons. The molecule has 0 saturated carbocycles. The Morgan fingerprint density at radius 3 is 3.33 bits per heavy atom. The summed E-state index contributed by atoms with van der Waals surface area (Å²) in [6, 6.07) is 0. The zero-order valence-corrected chi connectivity index (χ0v) is 7.00. The Hall–Kier alpha value is -1.32. The summed E-state index contributed by atoms with van der Waals surface area (Å²) in [6.45, 7) is 3.12. The Morgan fingerprint density at radius 1 is 1.75 bits per heavy atom. The lowest BCUT2D eigenvalue weighted by Gasteiger charge is -2.24. The number of rotatable bonds is 0. The van der Waals surface area contributed by atoms with Gasteiger partial charge in [-0.1, -0.05) is 0 Å².